The molecule has 5 rings (SSSR count). The van der Waals surface area contributed by atoms with Crippen LogP contribution in [-0.2, 0) is 16.0 Å². The molecule has 3 heterocycles. The highest BCUT2D eigenvalue weighted by molar-refractivity contribution is 6.35. The van der Waals surface area contributed by atoms with Crippen LogP contribution in [0, 0.1) is 11.1 Å². The number of hydrogen-bond donors (Lipinski definition) is 0. The van der Waals surface area contributed by atoms with Gasteiger partial charge in [-0.2, -0.15) is 13.5 Å². The molecule has 1 fully saturated rings. The second kappa shape index (κ2) is 11.8. The Morgan fingerprint density at radius 1 is 1.10 bits per heavy atom. The summed E-state index contributed by atoms with van der Waals surface area (Å²) in [6, 6.07) is 5.41. The number of amides is 2. The molecular formula is C27H21Cl2F2N3O7. The van der Waals surface area contributed by atoms with Gasteiger partial charge in [-0.15, -0.1) is 0 Å². The van der Waals surface area contributed by atoms with E-state index in [-0.39, 0.29) is 51.3 Å². The summed E-state index contributed by atoms with van der Waals surface area (Å²) >= 11 is 12.5. The van der Waals surface area contributed by atoms with Crippen molar-refractivity contribution in [1.82, 2.24) is 9.88 Å². The molecule has 3 aromatic rings. The number of alkyl halides is 2. The highest BCUT2D eigenvalue weighted by atomic mass is 35.5. The van der Waals surface area contributed by atoms with Crippen molar-refractivity contribution in [2.45, 2.75) is 32.0 Å². The Labute approximate surface area is 241 Å². The lowest BCUT2D eigenvalue weighted by Gasteiger charge is -2.22. The van der Waals surface area contributed by atoms with Crippen molar-refractivity contribution in [3.63, 3.8) is 0 Å². The van der Waals surface area contributed by atoms with Crippen LogP contribution in [0.1, 0.15) is 50.8 Å². The summed E-state index contributed by atoms with van der Waals surface area (Å²) in [5, 5.41) is 11.7. The monoisotopic (exact) mass is 607 g/mol. The maximum Gasteiger partial charge on any atom is 0.387 e. The second-order valence-corrected chi connectivity index (χ2v) is 10.2. The maximum atomic E-state index is 13.1. The molecule has 1 atom stereocenters. The molecule has 10 nitrogen and oxygen atoms in total. The van der Waals surface area contributed by atoms with Gasteiger partial charge in [0, 0.05) is 24.4 Å². The number of imide groups is 1. The molecule has 0 bridgehead atoms. The normalized spacial score (nSPS) is 15.2. The molecule has 41 heavy (non-hydrogen) atoms. The summed E-state index contributed by atoms with van der Waals surface area (Å²) < 4.78 is 42.5. The molecule has 2 aromatic heterocycles. The number of carbonyl (C=O) groups excluding carboxylic acids is 3. The Balaban J connectivity index is 1.43. The number of pyridine rings is 2. The third-order valence-electron chi connectivity index (χ3n) is 6.51. The van der Waals surface area contributed by atoms with Crippen LogP contribution in [0.4, 0.5) is 8.78 Å². The van der Waals surface area contributed by atoms with Crippen molar-refractivity contribution in [3.8, 4) is 11.5 Å². The molecule has 2 aliphatic rings. The van der Waals surface area contributed by atoms with Gasteiger partial charge < -0.3 is 19.4 Å². The lowest BCUT2D eigenvalue weighted by atomic mass is 10.0. The third-order valence-corrected chi connectivity index (χ3v) is 7.16. The molecule has 0 radical (unpaired) electrons. The number of nitrogens with zero attached hydrogens (tertiary/aromatic N) is 3. The van der Waals surface area contributed by atoms with Gasteiger partial charge in [-0.1, -0.05) is 29.3 Å². The highest BCUT2D eigenvalue weighted by Crippen LogP contribution is 2.38. The van der Waals surface area contributed by atoms with Crippen LogP contribution in [0.3, 0.4) is 0 Å². The van der Waals surface area contributed by atoms with Crippen molar-refractivity contribution in [2.24, 2.45) is 5.92 Å². The molecule has 1 saturated carbocycles. The van der Waals surface area contributed by atoms with Crippen molar-refractivity contribution < 1.29 is 42.1 Å². The fourth-order valence-corrected chi connectivity index (χ4v) is 4.86. The van der Waals surface area contributed by atoms with E-state index in [1.807, 2.05) is 0 Å². The number of rotatable bonds is 11. The predicted octanol–water partition coefficient (Wildman–Crippen LogP) is 4.54. The third kappa shape index (κ3) is 6.49. The molecule has 0 spiro atoms. The Hall–Kier alpha value is -4.03. The number of halogens is 4. The van der Waals surface area contributed by atoms with Gasteiger partial charge in [0.25, 0.3) is 11.8 Å². The first-order valence-electron chi connectivity index (χ1n) is 12.4. The molecule has 2 amide bonds. The van der Waals surface area contributed by atoms with Crippen LogP contribution in [0.15, 0.2) is 49.1 Å². The van der Waals surface area contributed by atoms with Gasteiger partial charge >= 0.3 is 12.6 Å². The molecule has 1 aliphatic carbocycles. The Bertz CT molecular complexity index is 1460. The molecule has 1 unspecified atom stereocenters. The van der Waals surface area contributed by atoms with Crippen molar-refractivity contribution >= 4 is 41.0 Å². The zero-order valence-electron chi connectivity index (χ0n) is 21.1. The van der Waals surface area contributed by atoms with Crippen molar-refractivity contribution in [3.05, 3.63) is 86.6 Å². The van der Waals surface area contributed by atoms with Crippen LogP contribution >= 0.6 is 23.2 Å². The first-order valence-corrected chi connectivity index (χ1v) is 13.1. The van der Waals surface area contributed by atoms with E-state index in [0.29, 0.717) is 16.2 Å². The average Bonchev–Trinajstić information content (AvgIpc) is 3.72. The minimum Gasteiger partial charge on any atom is -0.619 e. The fraction of sp³-hybridized carbons (Fsp3) is 0.296. The zero-order chi connectivity index (χ0) is 29.3. The summed E-state index contributed by atoms with van der Waals surface area (Å²) in [7, 11) is 0. The van der Waals surface area contributed by atoms with E-state index in [9.17, 15) is 28.4 Å². The number of aromatic nitrogens is 2. The number of ether oxygens (including phenoxy) is 3. The van der Waals surface area contributed by atoms with Gasteiger partial charge in [-0.05, 0) is 42.5 Å². The standard InChI is InChI=1S/C27H21Cl2F2N3O7/c28-19-10-33(38)11-20(29)17(19)8-22(15-3-4-21(41-27(30)31)23(7-15)39-13-14-1-2-14)40-24(35)12-34-25(36)16-5-6-32-9-18(16)26(34)37/h3-7,9-11,14,22,27H,1-2,8,12-13H2. The quantitative estimate of drug-likeness (QED) is 0.135. The van der Waals surface area contributed by atoms with E-state index in [0.717, 1.165) is 30.1 Å². The zero-order valence-corrected chi connectivity index (χ0v) is 22.6. The minimum atomic E-state index is -3.10. The van der Waals surface area contributed by atoms with Crippen LogP contribution < -0.4 is 14.2 Å². The molecule has 0 N–H and O–H groups in total. The van der Waals surface area contributed by atoms with Gasteiger partial charge in [0.05, 0.1) is 17.7 Å². The van der Waals surface area contributed by atoms with E-state index < -0.39 is 37.0 Å². The van der Waals surface area contributed by atoms with Crippen molar-refractivity contribution in [1.29, 1.82) is 0 Å². The smallest absolute Gasteiger partial charge is 0.387 e. The van der Waals surface area contributed by atoms with Crippen LogP contribution in [0.25, 0.3) is 0 Å². The molecule has 1 aromatic carbocycles. The van der Waals surface area contributed by atoms with Gasteiger partial charge in [0.15, 0.2) is 23.9 Å². The Morgan fingerprint density at radius 3 is 2.46 bits per heavy atom. The van der Waals surface area contributed by atoms with Gasteiger partial charge in [-0.3, -0.25) is 24.3 Å². The van der Waals surface area contributed by atoms with E-state index >= 15 is 0 Å². The SMILES string of the molecule is O=C(CN1C(=O)c2ccncc2C1=O)OC(Cc1c(Cl)c[n+]([O-])cc1Cl)c1ccc(OC(F)F)c(OCC2CC2)c1. The second-order valence-electron chi connectivity index (χ2n) is 9.43. The number of carbonyl (C=O) groups is 3. The van der Waals surface area contributed by atoms with E-state index in [1.165, 1.54) is 36.7 Å². The fourth-order valence-electron chi connectivity index (χ4n) is 4.26. The van der Waals surface area contributed by atoms with Crippen LogP contribution in [0.2, 0.25) is 10.0 Å². The maximum absolute atomic E-state index is 13.1. The van der Waals surface area contributed by atoms with E-state index in [1.54, 1.807) is 0 Å². The predicted molar refractivity (Wildman–Crippen MR) is 139 cm³/mol. The summed E-state index contributed by atoms with van der Waals surface area (Å²) in [6.45, 7) is -3.53. The minimum absolute atomic E-state index is 0.00579. The Morgan fingerprint density at radius 2 is 1.80 bits per heavy atom. The number of fused-ring (bicyclic) bond motifs is 1. The number of benzene rings is 1. The number of hydrogen-bond acceptors (Lipinski definition) is 8. The van der Waals surface area contributed by atoms with Crippen LogP contribution in [-0.4, -0.2) is 47.4 Å². The first kappa shape index (κ1) is 28.5. The van der Waals surface area contributed by atoms with Crippen molar-refractivity contribution in [2.75, 3.05) is 13.2 Å². The molecule has 0 saturated heterocycles. The van der Waals surface area contributed by atoms with Crippen LogP contribution in [0.5, 0.6) is 11.5 Å². The lowest BCUT2D eigenvalue weighted by molar-refractivity contribution is -0.605. The summed E-state index contributed by atoms with van der Waals surface area (Å²) in [6.07, 6.45) is 5.32. The topological polar surface area (TPSA) is 122 Å². The Kier molecular flexibility index (Phi) is 8.22. The number of esters is 1. The summed E-state index contributed by atoms with van der Waals surface area (Å²) in [5.74, 6) is -2.25. The van der Waals surface area contributed by atoms with E-state index in [4.69, 9.17) is 32.7 Å². The van der Waals surface area contributed by atoms with Gasteiger partial charge in [0.1, 0.15) is 22.7 Å². The van der Waals surface area contributed by atoms with E-state index in [2.05, 4.69) is 9.72 Å². The summed E-state index contributed by atoms with van der Waals surface area (Å²) in [5.41, 5.74) is 0.722. The molecule has 214 valence electrons. The van der Waals surface area contributed by atoms with Gasteiger partial charge in [0.2, 0.25) is 0 Å². The molecular weight excluding hydrogens is 587 g/mol. The van der Waals surface area contributed by atoms with Gasteiger partial charge in [-0.25, -0.2) is 0 Å². The first-order chi connectivity index (χ1) is 19.6. The summed E-state index contributed by atoms with van der Waals surface area (Å²) in [4.78, 5) is 43.1. The highest BCUT2D eigenvalue weighted by Gasteiger charge is 2.38. The largest absolute Gasteiger partial charge is 0.619 e. The lowest BCUT2D eigenvalue weighted by Crippen LogP contribution is -2.36. The molecule has 14 heteroatoms. The molecule has 1 aliphatic heterocycles. The average molecular weight is 608 g/mol.